The first-order chi connectivity index (χ1) is 13.6. The summed E-state index contributed by atoms with van der Waals surface area (Å²) in [6.45, 7) is 5.51. The van der Waals surface area contributed by atoms with Crippen molar-refractivity contribution in [3.8, 4) is 11.3 Å². The van der Waals surface area contributed by atoms with Crippen LogP contribution < -0.4 is 10.6 Å². The molecule has 0 fully saturated rings. The molecule has 3 rings (SSSR count). The molecule has 0 saturated heterocycles. The van der Waals surface area contributed by atoms with Crippen molar-refractivity contribution in [2.75, 3.05) is 13.1 Å². The zero-order valence-corrected chi connectivity index (χ0v) is 17.0. The minimum Gasteiger partial charge on any atom is -0.383 e. The summed E-state index contributed by atoms with van der Waals surface area (Å²) in [4.78, 5) is 10.0. The molecule has 0 aliphatic rings. The molecule has 5 nitrogen and oxygen atoms in total. The van der Waals surface area contributed by atoms with E-state index in [0.29, 0.717) is 19.0 Å². The van der Waals surface area contributed by atoms with E-state index in [4.69, 9.17) is 0 Å². The summed E-state index contributed by atoms with van der Waals surface area (Å²) >= 11 is 1.55. The van der Waals surface area contributed by atoms with E-state index in [-0.39, 0.29) is 0 Å². The van der Waals surface area contributed by atoms with Gasteiger partial charge in [-0.15, -0.1) is 11.3 Å². The Morgan fingerprint density at radius 1 is 1.14 bits per heavy atom. The molecule has 0 bridgehead atoms. The quantitative estimate of drug-likeness (QED) is 0.421. The Bertz CT molecular complexity index is 892. The third-order valence-electron chi connectivity index (χ3n) is 4.30. The third kappa shape index (κ3) is 5.41. The van der Waals surface area contributed by atoms with Gasteiger partial charge >= 0.3 is 0 Å². The van der Waals surface area contributed by atoms with E-state index in [1.807, 2.05) is 55.6 Å². The number of aliphatic imine (C=N–C) groups is 1. The maximum Gasteiger partial charge on any atom is 0.191 e. The molecule has 3 N–H and O–H groups in total. The number of rotatable bonds is 7. The summed E-state index contributed by atoms with van der Waals surface area (Å²) in [5.41, 5.74) is 2.19. The van der Waals surface area contributed by atoms with Crippen LogP contribution in [0.2, 0.25) is 0 Å². The average molecular weight is 395 g/mol. The van der Waals surface area contributed by atoms with Gasteiger partial charge in [0.2, 0.25) is 0 Å². The molecule has 0 aliphatic carbocycles. The van der Waals surface area contributed by atoms with Gasteiger partial charge in [-0.3, -0.25) is 4.98 Å². The molecule has 1 unspecified atom stereocenters. The number of nitrogens with one attached hydrogen (secondary N) is 2. The molecule has 2 heterocycles. The number of thiophene rings is 1. The van der Waals surface area contributed by atoms with Crippen molar-refractivity contribution < 1.29 is 5.11 Å². The van der Waals surface area contributed by atoms with Crippen LogP contribution >= 0.6 is 11.3 Å². The lowest BCUT2D eigenvalue weighted by molar-refractivity contribution is 0.0655. The minimum absolute atomic E-state index is 0.382. The van der Waals surface area contributed by atoms with E-state index in [1.54, 1.807) is 17.5 Å². The van der Waals surface area contributed by atoms with E-state index in [9.17, 15) is 5.11 Å². The summed E-state index contributed by atoms with van der Waals surface area (Å²) in [5.74, 6) is 0.683. The molecule has 0 radical (unpaired) electrons. The largest absolute Gasteiger partial charge is 0.383 e. The van der Waals surface area contributed by atoms with Crippen LogP contribution in [0.3, 0.4) is 0 Å². The molecular weight excluding hydrogens is 368 g/mol. The molecule has 6 heteroatoms. The van der Waals surface area contributed by atoms with Gasteiger partial charge in [0, 0.05) is 23.2 Å². The molecule has 0 amide bonds. The number of aliphatic hydroxyl groups is 1. The van der Waals surface area contributed by atoms with E-state index >= 15 is 0 Å². The van der Waals surface area contributed by atoms with Gasteiger partial charge in [-0.1, -0.05) is 30.3 Å². The summed E-state index contributed by atoms with van der Waals surface area (Å²) in [7, 11) is 0. The molecule has 0 aliphatic heterocycles. The van der Waals surface area contributed by atoms with Gasteiger partial charge in [-0.25, -0.2) is 4.99 Å². The number of nitrogens with zero attached hydrogens (tertiary/aromatic N) is 2. The number of guanidine groups is 1. The SMILES string of the molecule is CCNC(=NCc1cccc(-c2ccccn2)c1)NCC(C)(O)c1cccs1. The molecule has 0 saturated carbocycles. The predicted molar refractivity (Wildman–Crippen MR) is 116 cm³/mol. The first-order valence-corrected chi connectivity index (χ1v) is 10.3. The van der Waals surface area contributed by atoms with Crippen molar-refractivity contribution in [2.45, 2.75) is 26.0 Å². The standard InChI is InChI=1S/C22H26N4OS/c1-3-23-21(26-16-22(2,27)20-11-7-13-28-20)25-15-17-8-6-9-18(14-17)19-10-4-5-12-24-19/h4-14,27H,3,15-16H2,1-2H3,(H2,23,25,26). The maximum atomic E-state index is 10.7. The van der Waals surface area contributed by atoms with Gasteiger partial charge in [-0.05, 0) is 49.1 Å². The number of aromatic nitrogens is 1. The summed E-state index contributed by atoms with van der Waals surface area (Å²) in [6.07, 6.45) is 1.80. The number of pyridine rings is 1. The maximum absolute atomic E-state index is 10.7. The first kappa shape index (κ1) is 20.0. The zero-order chi connectivity index (χ0) is 19.8. The Morgan fingerprint density at radius 3 is 2.75 bits per heavy atom. The van der Waals surface area contributed by atoms with Crippen molar-refractivity contribution in [1.82, 2.24) is 15.6 Å². The monoisotopic (exact) mass is 394 g/mol. The molecule has 2 aromatic heterocycles. The summed E-state index contributed by atoms with van der Waals surface area (Å²) in [5, 5.41) is 19.2. The topological polar surface area (TPSA) is 69.5 Å². The Morgan fingerprint density at radius 2 is 2.04 bits per heavy atom. The van der Waals surface area contributed by atoms with Crippen molar-refractivity contribution in [3.63, 3.8) is 0 Å². The minimum atomic E-state index is -0.941. The first-order valence-electron chi connectivity index (χ1n) is 9.37. The summed E-state index contributed by atoms with van der Waals surface area (Å²) in [6, 6.07) is 18.0. The highest BCUT2D eigenvalue weighted by Gasteiger charge is 2.24. The highest BCUT2D eigenvalue weighted by Crippen LogP contribution is 2.24. The number of hydrogen-bond acceptors (Lipinski definition) is 4. The molecule has 28 heavy (non-hydrogen) atoms. The van der Waals surface area contributed by atoms with E-state index in [0.717, 1.165) is 28.2 Å². The van der Waals surface area contributed by atoms with Crippen LogP contribution in [-0.4, -0.2) is 29.1 Å². The van der Waals surface area contributed by atoms with Crippen LogP contribution in [-0.2, 0) is 12.1 Å². The second kappa shape index (κ2) is 9.48. The fourth-order valence-corrected chi connectivity index (χ4v) is 3.59. The molecular formula is C22H26N4OS. The summed E-state index contributed by atoms with van der Waals surface area (Å²) < 4.78 is 0. The lowest BCUT2D eigenvalue weighted by Gasteiger charge is -2.23. The predicted octanol–water partition coefficient (Wildman–Crippen LogP) is 3.77. The van der Waals surface area contributed by atoms with Crippen molar-refractivity contribution in [3.05, 3.63) is 76.6 Å². The molecule has 1 atom stereocenters. The van der Waals surface area contributed by atoms with Gasteiger partial charge in [0.1, 0.15) is 5.60 Å². The Kier molecular flexibility index (Phi) is 6.79. The molecule has 146 valence electrons. The van der Waals surface area contributed by atoms with Gasteiger partial charge in [-0.2, -0.15) is 0 Å². The normalized spacial score (nSPS) is 13.8. The highest BCUT2D eigenvalue weighted by molar-refractivity contribution is 7.10. The second-order valence-electron chi connectivity index (χ2n) is 6.72. The highest BCUT2D eigenvalue weighted by atomic mass is 32.1. The lowest BCUT2D eigenvalue weighted by atomic mass is 10.1. The van der Waals surface area contributed by atoms with Crippen LogP contribution in [0, 0.1) is 0 Å². The van der Waals surface area contributed by atoms with Crippen LogP contribution in [0.1, 0.15) is 24.3 Å². The lowest BCUT2D eigenvalue weighted by Crippen LogP contribution is -2.44. The smallest absolute Gasteiger partial charge is 0.191 e. The van der Waals surface area contributed by atoms with Gasteiger partial charge < -0.3 is 15.7 Å². The number of hydrogen-bond donors (Lipinski definition) is 3. The van der Waals surface area contributed by atoms with Crippen molar-refractivity contribution in [1.29, 1.82) is 0 Å². The van der Waals surface area contributed by atoms with Crippen LogP contribution in [0.15, 0.2) is 71.2 Å². The Balaban J connectivity index is 1.68. The van der Waals surface area contributed by atoms with E-state index in [2.05, 4.69) is 38.8 Å². The molecule has 3 aromatic rings. The van der Waals surface area contributed by atoms with Gasteiger partial charge in [0.05, 0.1) is 18.8 Å². The second-order valence-corrected chi connectivity index (χ2v) is 7.66. The molecule has 1 aromatic carbocycles. The fourth-order valence-electron chi connectivity index (χ4n) is 2.80. The third-order valence-corrected chi connectivity index (χ3v) is 5.43. The van der Waals surface area contributed by atoms with Crippen molar-refractivity contribution >= 4 is 17.3 Å². The average Bonchev–Trinajstić information content (AvgIpc) is 3.27. The molecule has 0 spiro atoms. The zero-order valence-electron chi connectivity index (χ0n) is 16.2. The van der Waals surface area contributed by atoms with Crippen LogP contribution in [0.5, 0.6) is 0 Å². The van der Waals surface area contributed by atoms with Crippen LogP contribution in [0.25, 0.3) is 11.3 Å². The fraction of sp³-hybridized carbons (Fsp3) is 0.273. The van der Waals surface area contributed by atoms with Crippen molar-refractivity contribution in [2.24, 2.45) is 4.99 Å². The van der Waals surface area contributed by atoms with Crippen LogP contribution in [0.4, 0.5) is 0 Å². The van der Waals surface area contributed by atoms with E-state index in [1.165, 1.54) is 0 Å². The number of benzene rings is 1. The van der Waals surface area contributed by atoms with Gasteiger partial charge in [0.25, 0.3) is 0 Å². The van der Waals surface area contributed by atoms with E-state index < -0.39 is 5.60 Å². The van der Waals surface area contributed by atoms with Gasteiger partial charge in [0.15, 0.2) is 5.96 Å². The Hall–Kier alpha value is -2.70. The Labute approximate surface area is 170 Å².